The normalized spacial score (nSPS) is 13.9. The third-order valence-electron chi connectivity index (χ3n) is 0.975. The van der Waals surface area contributed by atoms with Crippen molar-refractivity contribution in [2.24, 2.45) is 5.14 Å². The van der Waals surface area contributed by atoms with E-state index in [0.29, 0.717) is 0 Å². The van der Waals surface area contributed by atoms with E-state index in [-0.39, 0.29) is 0 Å². The smallest absolute Gasteiger partial charge is 0.326 e. The molecule has 12 heavy (non-hydrogen) atoms. The van der Waals surface area contributed by atoms with Gasteiger partial charge in [-0.05, 0) is 0 Å². The van der Waals surface area contributed by atoms with E-state index in [2.05, 4.69) is 9.88 Å². The summed E-state index contributed by atoms with van der Waals surface area (Å²) in [6.45, 7) is -0.705. The van der Waals surface area contributed by atoms with E-state index in [1.807, 2.05) is 0 Å². The van der Waals surface area contributed by atoms with Gasteiger partial charge in [0.2, 0.25) is 0 Å². The summed E-state index contributed by atoms with van der Waals surface area (Å²) in [6, 6.07) is -1.34. The largest absolute Gasteiger partial charge is 0.468 e. The molecule has 8 heteroatoms. The van der Waals surface area contributed by atoms with Gasteiger partial charge in [-0.3, -0.25) is 4.79 Å². The van der Waals surface area contributed by atoms with Crippen LogP contribution in [-0.4, -0.2) is 39.3 Å². The summed E-state index contributed by atoms with van der Waals surface area (Å²) in [6.07, 6.45) is 0. The maximum atomic E-state index is 10.7. The van der Waals surface area contributed by atoms with Crippen molar-refractivity contribution in [2.45, 2.75) is 6.04 Å². The molecule has 72 valence electrons. The van der Waals surface area contributed by atoms with Gasteiger partial charge in [-0.25, -0.2) is 5.14 Å². The van der Waals surface area contributed by atoms with Crippen LogP contribution < -0.4 is 9.86 Å². The Labute approximate surface area is 69.7 Å². The predicted molar refractivity (Wildman–Crippen MR) is 39.1 cm³/mol. The lowest BCUT2D eigenvalue weighted by Crippen LogP contribution is -2.46. The van der Waals surface area contributed by atoms with Gasteiger partial charge < -0.3 is 9.84 Å². The molecule has 0 aliphatic rings. The summed E-state index contributed by atoms with van der Waals surface area (Å²) >= 11 is 0. The lowest BCUT2D eigenvalue weighted by Gasteiger charge is -2.10. The van der Waals surface area contributed by atoms with Crippen molar-refractivity contribution in [1.82, 2.24) is 4.72 Å². The number of aliphatic hydroxyl groups is 1. The van der Waals surface area contributed by atoms with Gasteiger partial charge in [0.25, 0.3) is 10.2 Å². The van der Waals surface area contributed by atoms with Gasteiger partial charge >= 0.3 is 5.97 Å². The zero-order valence-electron chi connectivity index (χ0n) is 6.35. The minimum atomic E-state index is -4.00. The first-order chi connectivity index (χ1) is 5.40. The Morgan fingerprint density at radius 3 is 2.50 bits per heavy atom. The minimum Gasteiger partial charge on any atom is -0.468 e. The standard InChI is InChI=1S/C4H10N2O5S/c1-11-4(8)3(2-7)6-12(5,9)10/h3,6-7H,2H2,1H3,(H2,5,9,10). The fraction of sp³-hybridized carbons (Fsp3) is 0.750. The quantitative estimate of drug-likeness (QED) is 0.425. The van der Waals surface area contributed by atoms with Gasteiger partial charge in [0.15, 0.2) is 0 Å². The van der Waals surface area contributed by atoms with Crippen LogP contribution in [0.1, 0.15) is 0 Å². The number of esters is 1. The topological polar surface area (TPSA) is 119 Å². The van der Waals surface area contributed by atoms with E-state index in [4.69, 9.17) is 5.11 Å². The van der Waals surface area contributed by atoms with Gasteiger partial charge in [0.1, 0.15) is 6.04 Å². The van der Waals surface area contributed by atoms with Crippen molar-refractivity contribution in [3.63, 3.8) is 0 Å². The second-order valence-electron chi connectivity index (χ2n) is 1.92. The van der Waals surface area contributed by atoms with Crippen LogP contribution in [-0.2, 0) is 19.7 Å². The zero-order chi connectivity index (χ0) is 9.78. The van der Waals surface area contributed by atoms with Crippen molar-refractivity contribution in [3.05, 3.63) is 0 Å². The van der Waals surface area contributed by atoms with Crippen molar-refractivity contribution < 1.29 is 23.1 Å². The number of carbonyl (C=O) groups excluding carboxylic acids is 1. The van der Waals surface area contributed by atoms with Crippen LogP contribution in [0.15, 0.2) is 0 Å². The van der Waals surface area contributed by atoms with Crippen LogP contribution in [0.4, 0.5) is 0 Å². The average Bonchev–Trinajstić information content (AvgIpc) is 1.97. The summed E-state index contributed by atoms with van der Waals surface area (Å²) in [7, 11) is -2.94. The van der Waals surface area contributed by atoms with Crippen molar-refractivity contribution in [1.29, 1.82) is 0 Å². The van der Waals surface area contributed by atoms with Crippen molar-refractivity contribution in [3.8, 4) is 0 Å². The van der Waals surface area contributed by atoms with E-state index >= 15 is 0 Å². The number of carbonyl (C=O) groups is 1. The summed E-state index contributed by atoms with van der Waals surface area (Å²) in [5.74, 6) is -0.897. The highest BCUT2D eigenvalue weighted by atomic mass is 32.2. The SMILES string of the molecule is COC(=O)C(CO)NS(N)(=O)=O. The van der Waals surface area contributed by atoms with E-state index in [1.54, 1.807) is 4.72 Å². The number of hydrogen-bond acceptors (Lipinski definition) is 5. The first kappa shape index (κ1) is 11.3. The second-order valence-corrected chi connectivity index (χ2v) is 3.25. The van der Waals surface area contributed by atoms with Gasteiger partial charge in [0.05, 0.1) is 13.7 Å². The third kappa shape index (κ3) is 4.23. The average molecular weight is 198 g/mol. The molecule has 0 amide bonds. The van der Waals surface area contributed by atoms with Crippen LogP contribution in [0, 0.1) is 0 Å². The molecule has 0 aliphatic carbocycles. The van der Waals surface area contributed by atoms with Crippen LogP contribution in [0.2, 0.25) is 0 Å². The molecule has 0 radical (unpaired) electrons. The lowest BCUT2D eigenvalue weighted by atomic mass is 10.3. The molecule has 0 aliphatic heterocycles. The van der Waals surface area contributed by atoms with Gasteiger partial charge in [-0.15, -0.1) is 0 Å². The Bertz CT molecular complexity index is 248. The van der Waals surface area contributed by atoms with Crippen molar-refractivity contribution in [2.75, 3.05) is 13.7 Å². The van der Waals surface area contributed by atoms with Crippen LogP contribution in [0.25, 0.3) is 0 Å². The highest BCUT2D eigenvalue weighted by Gasteiger charge is 2.21. The number of nitrogens with one attached hydrogen (secondary N) is 1. The molecular weight excluding hydrogens is 188 g/mol. The molecule has 1 unspecified atom stereocenters. The van der Waals surface area contributed by atoms with Crippen LogP contribution >= 0.6 is 0 Å². The number of methoxy groups -OCH3 is 1. The van der Waals surface area contributed by atoms with Crippen molar-refractivity contribution >= 4 is 16.2 Å². The Kier molecular flexibility index (Phi) is 4.10. The molecule has 0 spiro atoms. The van der Waals surface area contributed by atoms with E-state index in [0.717, 1.165) is 7.11 Å². The van der Waals surface area contributed by atoms with E-state index < -0.39 is 28.8 Å². The Morgan fingerprint density at radius 2 is 2.25 bits per heavy atom. The summed E-state index contributed by atoms with van der Waals surface area (Å²) in [5, 5.41) is 13.1. The zero-order valence-corrected chi connectivity index (χ0v) is 7.17. The molecule has 7 nitrogen and oxygen atoms in total. The first-order valence-corrected chi connectivity index (χ1v) is 4.44. The van der Waals surface area contributed by atoms with Crippen LogP contribution in [0.5, 0.6) is 0 Å². The molecule has 1 atom stereocenters. The first-order valence-electron chi connectivity index (χ1n) is 2.89. The molecule has 0 fully saturated rings. The number of rotatable bonds is 4. The number of nitrogens with two attached hydrogens (primary N) is 1. The van der Waals surface area contributed by atoms with Crippen LogP contribution in [0.3, 0.4) is 0 Å². The maximum Gasteiger partial charge on any atom is 0.326 e. The molecule has 0 aromatic heterocycles. The summed E-state index contributed by atoms with van der Waals surface area (Å²) in [4.78, 5) is 10.7. The lowest BCUT2D eigenvalue weighted by molar-refractivity contribution is -0.143. The number of aliphatic hydroxyl groups excluding tert-OH is 1. The second kappa shape index (κ2) is 4.36. The molecule has 0 rings (SSSR count). The van der Waals surface area contributed by atoms with Gasteiger partial charge in [0, 0.05) is 0 Å². The molecule has 0 saturated heterocycles. The molecule has 0 bridgehead atoms. The molecule has 0 heterocycles. The molecule has 4 N–H and O–H groups in total. The van der Waals surface area contributed by atoms with Gasteiger partial charge in [-0.2, -0.15) is 13.1 Å². The summed E-state index contributed by atoms with van der Waals surface area (Å²) < 4.78 is 26.6. The third-order valence-corrected chi connectivity index (χ3v) is 1.59. The molecule has 0 aromatic carbocycles. The number of hydrogen-bond donors (Lipinski definition) is 3. The van der Waals surface area contributed by atoms with E-state index in [9.17, 15) is 13.2 Å². The molecular formula is C4H10N2O5S. The summed E-state index contributed by atoms with van der Waals surface area (Å²) in [5.41, 5.74) is 0. The monoisotopic (exact) mass is 198 g/mol. The predicted octanol–water partition coefficient (Wildman–Crippen LogP) is -2.69. The number of ether oxygens (including phenoxy) is 1. The van der Waals surface area contributed by atoms with E-state index in [1.165, 1.54) is 0 Å². The Balaban J connectivity index is 4.29. The minimum absolute atomic E-state index is 0.705. The highest BCUT2D eigenvalue weighted by Crippen LogP contribution is 1.87. The van der Waals surface area contributed by atoms with Gasteiger partial charge in [-0.1, -0.05) is 0 Å². The molecule has 0 saturated carbocycles. The Hall–Kier alpha value is -0.700. The highest BCUT2D eigenvalue weighted by molar-refractivity contribution is 7.87. The fourth-order valence-electron chi connectivity index (χ4n) is 0.500. The maximum absolute atomic E-state index is 10.7. The fourth-order valence-corrected chi connectivity index (χ4v) is 1.07. The Morgan fingerprint density at radius 1 is 1.75 bits per heavy atom. The molecule has 0 aromatic rings.